The van der Waals surface area contributed by atoms with Gasteiger partial charge in [0.15, 0.2) is 5.82 Å². The Morgan fingerprint density at radius 3 is 2.78 bits per heavy atom. The molecule has 2 aromatic heterocycles. The van der Waals surface area contributed by atoms with Crippen LogP contribution in [0.1, 0.15) is 25.0 Å². The fourth-order valence-corrected chi connectivity index (χ4v) is 3.61. The van der Waals surface area contributed by atoms with E-state index in [0.717, 1.165) is 46.0 Å². The van der Waals surface area contributed by atoms with Crippen molar-refractivity contribution in [3.8, 4) is 11.5 Å². The number of benzene rings is 2. The van der Waals surface area contributed by atoms with Crippen molar-refractivity contribution in [2.45, 2.75) is 33.7 Å². The number of anilines is 2. The first-order chi connectivity index (χ1) is 15.5. The summed E-state index contributed by atoms with van der Waals surface area (Å²) in [5.41, 5.74) is 12.1. The summed E-state index contributed by atoms with van der Waals surface area (Å²) in [5.74, 6) is 2.42. The van der Waals surface area contributed by atoms with Gasteiger partial charge in [0.1, 0.15) is 23.3 Å². The molecule has 164 valence electrons. The molecule has 0 aliphatic rings. The lowest BCUT2D eigenvalue weighted by Crippen LogP contribution is -2.10. The first kappa shape index (κ1) is 21.6. The second-order valence-electron chi connectivity index (χ2n) is 8.09. The molecule has 4 aromatic rings. The van der Waals surface area contributed by atoms with E-state index < -0.39 is 0 Å². The molecule has 4 rings (SSSR count). The molecule has 6 nitrogen and oxygen atoms in total. The lowest BCUT2D eigenvalue weighted by molar-refractivity contribution is 0.478. The summed E-state index contributed by atoms with van der Waals surface area (Å²) in [6, 6.07) is 16.3. The molecule has 0 atom stereocenters. The van der Waals surface area contributed by atoms with E-state index in [1.54, 1.807) is 6.33 Å². The molecule has 32 heavy (non-hydrogen) atoms. The van der Waals surface area contributed by atoms with Crippen LogP contribution in [0.4, 0.5) is 11.5 Å². The summed E-state index contributed by atoms with van der Waals surface area (Å²) < 4.78 is 8.25. The molecule has 0 saturated carbocycles. The van der Waals surface area contributed by atoms with Gasteiger partial charge in [0.25, 0.3) is 0 Å². The Morgan fingerprint density at radius 2 is 2.00 bits per heavy atom. The third-order valence-corrected chi connectivity index (χ3v) is 5.23. The molecule has 6 heteroatoms. The highest BCUT2D eigenvalue weighted by molar-refractivity contribution is 5.88. The Balaban J connectivity index is 1.54. The van der Waals surface area contributed by atoms with Crippen LogP contribution in [-0.4, -0.2) is 21.1 Å². The standard InChI is InChI=1S/C26H29N5O/c1-18(2)7-8-20-5-4-6-22(16-20)32-24-10-9-21(15-19(24)3)30-26-25-23(28-17-29-26)11-13-31(25)14-12-27/h4-7,9-11,13,15-17H,8,12,14,27H2,1-3H3,(H,28,29,30). The maximum Gasteiger partial charge on any atom is 0.158 e. The Kier molecular flexibility index (Phi) is 6.52. The number of nitrogens with two attached hydrogens (primary N) is 1. The molecular formula is C26H29N5O. The average Bonchev–Trinajstić information content (AvgIpc) is 3.19. The fourth-order valence-electron chi connectivity index (χ4n) is 3.61. The second-order valence-corrected chi connectivity index (χ2v) is 8.09. The predicted octanol–water partition coefficient (Wildman–Crippen LogP) is 5.74. The van der Waals surface area contributed by atoms with E-state index >= 15 is 0 Å². The molecule has 0 radical (unpaired) electrons. The Labute approximate surface area is 188 Å². The van der Waals surface area contributed by atoms with Crippen LogP contribution in [0.5, 0.6) is 11.5 Å². The molecule has 0 aliphatic heterocycles. The predicted molar refractivity (Wildman–Crippen MR) is 131 cm³/mol. The van der Waals surface area contributed by atoms with Gasteiger partial charge in [0.05, 0.1) is 5.52 Å². The van der Waals surface area contributed by atoms with E-state index in [1.807, 2.05) is 43.5 Å². The highest BCUT2D eigenvalue weighted by Crippen LogP contribution is 2.30. The number of hydrogen-bond donors (Lipinski definition) is 2. The van der Waals surface area contributed by atoms with Crippen LogP contribution >= 0.6 is 0 Å². The van der Waals surface area contributed by atoms with Crippen LogP contribution in [-0.2, 0) is 13.0 Å². The van der Waals surface area contributed by atoms with E-state index in [4.69, 9.17) is 10.5 Å². The van der Waals surface area contributed by atoms with E-state index in [1.165, 1.54) is 11.1 Å². The van der Waals surface area contributed by atoms with E-state index in [9.17, 15) is 0 Å². The third-order valence-electron chi connectivity index (χ3n) is 5.23. The fraction of sp³-hybridized carbons (Fsp3) is 0.231. The average molecular weight is 428 g/mol. The number of nitrogens with one attached hydrogen (secondary N) is 1. The zero-order valence-electron chi connectivity index (χ0n) is 18.8. The lowest BCUT2D eigenvalue weighted by atomic mass is 10.1. The van der Waals surface area contributed by atoms with Crippen molar-refractivity contribution in [2.75, 3.05) is 11.9 Å². The van der Waals surface area contributed by atoms with Crippen LogP contribution in [0, 0.1) is 6.92 Å². The minimum atomic E-state index is 0.554. The van der Waals surface area contributed by atoms with Gasteiger partial charge in [-0.05, 0) is 74.7 Å². The number of nitrogens with zero attached hydrogens (tertiary/aromatic N) is 3. The second kappa shape index (κ2) is 9.66. The molecule has 0 saturated heterocycles. The maximum atomic E-state index is 6.18. The topological polar surface area (TPSA) is 78.0 Å². The molecular weight excluding hydrogens is 398 g/mol. The van der Waals surface area contributed by atoms with Crippen molar-refractivity contribution in [3.05, 3.63) is 83.8 Å². The van der Waals surface area contributed by atoms with Crippen LogP contribution in [0.2, 0.25) is 0 Å². The van der Waals surface area contributed by atoms with Crippen molar-refractivity contribution in [3.63, 3.8) is 0 Å². The third kappa shape index (κ3) is 4.98. The molecule has 3 N–H and O–H groups in total. The molecule has 0 bridgehead atoms. The quantitative estimate of drug-likeness (QED) is 0.350. The van der Waals surface area contributed by atoms with Crippen LogP contribution in [0.3, 0.4) is 0 Å². The number of ether oxygens (including phenoxy) is 1. The van der Waals surface area contributed by atoms with Crippen molar-refractivity contribution < 1.29 is 4.74 Å². The summed E-state index contributed by atoms with van der Waals surface area (Å²) in [4.78, 5) is 8.82. The van der Waals surface area contributed by atoms with Gasteiger partial charge in [-0.25, -0.2) is 9.97 Å². The SMILES string of the molecule is CC(C)=CCc1cccc(Oc2ccc(Nc3ncnc4ccn(CCN)c34)cc2C)c1. The zero-order valence-corrected chi connectivity index (χ0v) is 18.8. The first-order valence-corrected chi connectivity index (χ1v) is 10.8. The summed E-state index contributed by atoms with van der Waals surface area (Å²) in [5, 5.41) is 3.43. The summed E-state index contributed by atoms with van der Waals surface area (Å²) in [6.07, 6.45) is 6.69. The van der Waals surface area contributed by atoms with Crippen LogP contribution in [0.15, 0.2) is 72.7 Å². The summed E-state index contributed by atoms with van der Waals surface area (Å²) in [7, 11) is 0. The van der Waals surface area contributed by atoms with Crippen molar-refractivity contribution in [1.29, 1.82) is 0 Å². The number of fused-ring (bicyclic) bond motifs is 1. The van der Waals surface area contributed by atoms with Crippen molar-refractivity contribution >= 4 is 22.5 Å². The number of rotatable bonds is 8. The number of aromatic nitrogens is 3. The molecule has 0 unspecified atom stereocenters. The monoisotopic (exact) mass is 427 g/mol. The zero-order chi connectivity index (χ0) is 22.5. The molecule has 2 heterocycles. The van der Waals surface area contributed by atoms with Crippen LogP contribution < -0.4 is 15.8 Å². The molecule has 0 fully saturated rings. The summed E-state index contributed by atoms with van der Waals surface area (Å²) >= 11 is 0. The van der Waals surface area contributed by atoms with Gasteiger partial charge in [-0.3, -0.25) is 0 Å². The molecule has 2 aromatic carbocycles. The minimum absolute atomic E-state index is 0.554. The Hall–Kier alpha value is -3.64. The summed E-state index contributed by atoms with van der Waals surface area (Å²) in [6.45, 7) is 7.53. The van der Waals surface area contributed by atoms with Gasteiger partial charge < -0.3 is 20.4 Å². The highest BCUT2D eigenvalue weighted by Gasteiger charge is 2.10. The van der Waals surface area contributed by atoms with Gasteiger partial charge in [-0.2, -0.15) is 0 Å². The van der Waals surface area contributed by atoms with Gasteiger partial charge in [0, 0.05) is 25.0 Å². The highest BCUT2D eigenvalue weighted by atomic mass is 16.5. The normalized spacial score (nSPS) is 10.9. The van der Waals surface area contributed by atoms with Gasteiger partial charge in [-0.15, -0.1) is 0 Å². The van der Waals surface area contributed by atoms with E-state index in [0.29, 0.717) is 13.1 Å². The maximum absolute atomic E-state index is 6.18. The van der Waals surface area contributed by atoms with E-state index in [2.05, 4.69) is 58.0 Å². The van der Waals surface area contributed by atoms with Crippen LogP contribution in [0.25, 0.3) is 11.0 Å². The largest absolute Gasteiger partial charge is 0.457 e. The number of allylic oxidation sites excluding steroid dienone is 2. The number of hydrogen-bond acceptors (Lipinski definition) is 5. The molecule has 0 aliphatic carbocycles. The lowest BCUT2D eigenvalue weighted by Gasteiger charge is -2.13. The first-order valence-electron chi connectivity index (χ1n) is 10.8. The molecule has 0 spiro atoms. The Morgan fingerprint density at radius 1 is 1.12 bits per heavy atom. The van der Waals surface area contributed by atoms with E-state index in [-0.39, 0.29) is 0 Å². The van der Waals surface area contributed by atoms with Gasteiger partial charge in [-0.1, -0.05) is 23.8 Å². The van der Waals surface area contributed by atoms with Gasteiger partial charge in [0.2, 0.25) is 0 Å². The smallest absolute Gasteiger partial charge is 0.158 e. The number of aryl methyl sites for hydroxylation is 1. The minimum Gasteiger partial charge on any atom is -0.457 e. The molecule has 0 amide bonds. The Bertz CT molecular complexity index is 1250. The van der Waals surface area contributed by atoms with Crippen molar-refractivity contribution in [2.24, 2.45) is 5.73 Å². The van der Waals surface area contributed by atoms with Crippen molar-refractivity contribution in [1.82, 2.24) is 14.5 Å². The van der Waals surface area contributed by atoms with Gasteiger partial charge >= 0.3 is 0 Å².